The first-order valence-corrected chi connectivity index (χ1v) is 10.5. The number of hydrogen-bond donors (Lipinski definition) is 2. The molecule has 1 heterocycles. The number of ether oxygens (including phenoxy) is 1. The van der Waals surface area contributed by atoms with Gasteiger partial charge >= 0.3 is 12.0 Å². The van der Waals surface area contributed by atoms with Crippen molar-refractivity contribution in [3.63, 3.8) is 0 Å². The molecule has 28 heavy (non-hydrogen) atoms. The molecule has 0 bridgehead atoms. The highest BCUT2D eigenvalue weighted by Gasteiger charge is 2.41. The largest absolute Gasteiger partial charge is 0.451 e. The Kier molecular flexibility index (Phi) is 7.39. The Hall–Kier alpha value is -2.17. The molecule has 9 nitrogen and oxygen atoms in total. The van der Waals surface area contributed by atoms with Crippen LogP contribution >= 0.6 is 11.6 Å². The number of hydrogen-bond acceptors (Lipinski definition) is 6. The number of carbonyl (C=O) groups excluding carboxylic acids is 3. The topological polar surface area (TPSA) is 122 Å². The van der Waals surface area contributed by atoms with Crippen LogP contribution in [0.2, 0.25) is 5.02 Å². The lowest BCUT2D eigenvalue weighted by atomic mass is 10.2. The molecule has 2 unspecified atom stereocenters. The van der Waals surface area contributed by atoms with Crippen LogP contribution in [0.4, 0.5) is 4.79 Å². The average Bonchev–Trinajstić information content (AvgIpc) is 3.13. The lowest BCUT2D eigenvalue weighted by Gasteiger charge is -2.24. The number of imide groups is 1. The summed E-state index contributed by atoms with van der Waals surface area (Å²) in [5.74, 6) is -1.64. The smallest absolute Gasteiger partial charge is 0.325 e. The summed E-state index contributed by atoms with van der Waals surface area (Å²) >= 11 is 5.79. The second-order valence-corrected chi connectivity index (χ2v) is 8.48. The van der Waals surface area contributed by atoms with Crippen molar-refractivity contribution >= 4 is 39.5 Å². The lowest BCUT2D eigenvalue weighted by Crippen LogP contribution is -2.47. The summed E-state index contributed by atoms with van der Waals surface area (Å²) in [5, 5.41) is 4.81. The molecule has 1 aromatic carbocycles. The molecule has 0 aromatic heterocycles. The van der Waals surface area contributed by atoms with Gasteiger partial charge < -0.3 is 10.1 Å². The van der Waals surface area contributed by atoms with E-state index < -0.39 is 40.1 Å². The van der Waals surface area contributed by atoms with E-state index in [4.69, 9.17) is 16.3 Å². The van der Waals surface area contributed by atoms with Crippen LogP contribution in [0.3, 0.4) is 0 Å². The molecule has 1 aliphatic heterocycles. The molecular formula is C17H22ClN3O6S. The van der Waals surface area contributed by atoms with E-state index in [1.807, 2.05) is 5.32 Å². The summed E-state index contributed by atoms with van der Waals surface area (Å²) in [6.45, 7) is 3.47. The van der Waals surface area contributed by atoms with Crippen molar-refractivity contribution in [1.82, 2.24) is 14.9 Å². The molecule has 11 heteroatoms. The van der Waals surface area contributed by atoms with E-state index in [0.29, 0.717) is 18.0 Å². The Morgan fingerprint density at radius 3 is 2.54 bits per heavy atom. The number of halogens is 1. The highest BCUT2D eigenvalue weighted by Crippen LogP contribution is 2.27. The third kappa shape index (κ3) is 5.21. The van der Waals surface area contributed by atoms with Crippen molar-refractivity contribution in [3.05, 3.63) is 29.3 Å². The van der Waals surface area contributed by atoms with Crippen LogP contribution in [0.25, 0.3) is 0 Å². The Morgan fingerprint density at radius 2 is 1.93 bits per heavy atom. The van der Waals surface area contributed by atoms with E-state index >= 15 is 0 Å². The zero-order valence-electron chi connectivity index (χ0n) is 15.5. The predicted molar refractivity (Wildman–Crippen MR) is 101 cm³/mol. The Balaban J connectivity index is 2.07. The number of carbonyl (C=O) groups is 3. The van der Waals surface area contributed by atoms with Gasteiger partial charge in [-0.05, 0) is 51.0 Å². The molecule has 1 saturated heterocycles. The molecule has 0 saturated carbocycles. The first-order chi connectivity index (χ1) is 13.2. The molecule has 1 aliphatic rings. The van der Waals surface area contributed by atoms with Gasteiger partial charge in [-0.15, -0.1) is 0 Å². The van der Waals surface area contributed by atoms with Crippen LogP contribution in [0.15, 0.2) is 29.2 Å². The van der Waals surface area contributed by atoms with E-state index in [1.54, 1.807) is 6.92 Å². The molecular weight excluding hydrogens is 410 g/mol. The van der Waals surface area contributed by atoms with E-state index in [1.165, 1.54) is 31.2 Å². The molecule has 2 rings (SSSR count). The first-order valence-electron chi connectivity index (χ1n) is 8.73. The van der Waals surface area contributed by atoms with Gasteiger partial charge in [-0.25, -0.2) is 13.2 Å². The lowest BCUT2D eigenvalue weighted by molar-refractivity contribution is -0.157. The summed E-state index contributed by atoms with van der Waals surface area (Å²) in [4.78, 5) is 35.8. The number of esters is 1. The maximum Gasteiger partial charge on any atom is 0.325 e. The SMILES string of the molecule is CCNC(=O)NC(=O)C(C)OC(=O)C1CCCN1S(=O)(=O)c1ccc(Cl)cc1. The van der Waals surface area contributed by atoms with Crippen LogP contribution in [0.5, 0.6) is 0 Å². The van der Waals surface area contributed by atoms with Crippen LogP contribution in [-0.4, -0.2) is 55.9 Å². The van der Waals surface area contributed by atoms with E-state index in [9.17, 15) is 22.8 Å². The maximum atomic E-state index is 12.8. The minimum Gasteiger partial charge on any atom is -0.451 e. The normalized spacial score (nSPS) is 18.3. The van der Waals surface area contributed by atoms with Gasteiger partial charge in [-0.2, -0.15) is 4.31 Å². The van der Waals surface area contributed by atoms with Gasteiger partial charge in [0.1, 0.15) is 6.04 Å². The van der Waals surface area contributed by atoms with Gasteiger partial charge in [0.25, 0.3) is 5.91 Å². The standard InChI is InChI=1S/C17H22ClN3O6S/c1-3-19-17(24)20-15(22)11(2)27-16(23)14-5-4-10-21(14)28(25,26)13-8-6-12(18)7-9-13/h6-9,11,14H,3-5,10H2,1-2H3,(H2,19,20,22,24). The van der Waals surface area contributed by atoms with Crippen LogP contribution < -0.4 is 10.6 Å². The molecule has 0 radical (unpaired) electrons. The van der Waals surface area contributed by atoms with Crippen LogP contribution in [-0.2, 0) is 24.3 Å². The monoisotopic (exact) mass is 431 g/mol. The molecule has 2 N–H and O–H groups in total. The molecule has 154 valence electrons. The number of amides is 3. The third-order valence-corrected chi connectivity index (χ3v) is 6.31. The highest BCUT2D eigenvalue weighted by atomic mass is 35.5. The number of urea groups is 1. The van der Waals surface area contributed by atoms with E-state index in [2.05, 4.69) is 5.32 Å². The molecule has 1 fully saturated rings. The fraction of sp³-hybridized carbons (Fsp3) is 0.471. The summed E-state index contributed by atoms with van der Waals surface area (Å²) in [7, 11) is -3.92. The average molecular weight is 432 g/mol. The van der Waals surface area contributed by atoms with Crippen molar-refractivity contribution < 1.29 is 27.5 Å². The summed E-state index contributed by atoms with van der Waals surface area (Å²) in [5.41, 5.74) is 0. The van der Waals surface area contributed by atoms with Crippen molar-refractivity contribution in [2.24, 2.45) is 0 Å². The summed E-state index contributed by atoms with van der Waals surface area (Å²) < 4.78 is 31.8. The number of benzene rings is 1. The van der Waals surface area contributed by atoms with E-state index in [0.717, 1.165) is 4.31 Å². The van der Waals surface area contributed by atoms with Gasteiger partial charge in [-0.3, -0.25) is 14.9 Å². The second kappa shape index (κ2) is 9.35. The van der Waals surface area contributed by atoms with Crippen LogP contribution in [0.1, 0.15) is 26.7 Å². The van der Waals surface area contributed by atoms with Gasteiger partial charge in [0, 0.05) is 18.1 Å². The highest BCUT2D eigenvalue weighted by molar-refractivity contribution is 7.89. The van der Waals surface area contributed by atoms with Gasteiger partial charge in [0.15, 0.2) is 6.10 Å². The molecule has 3 amide bonds. The quantitative estimate of drug-likeness (QED) is 0.654. The summed E-state index contributed by atoms with van der Waals surface area (Å²) in [6, 6.07) is 3.88. The molecule has 0 aliphatic carbocycles. The number of rotatable bonds is 6. The zero-order valence-corrected chi connectivity index (χ0v) is 17.0. The second-order valence-electron chi connectivity index (χ2n) is 6.16. The number of sulfonamides is 1. The van der Waals surface area contributed by atoms with Crippen LogP contribution in [0, 0.1) is 0 Å². The predicted octanol–water partition coefficient (Wildman–Crippen LogP) is 1.27. The Labute approximate surface area is 168 Å². The molecule has 1 aromatic rings. The first kappa shape index (κ1) is 22.1. The molecule has 0 spiro atoms. The fourth-order valence-corrected chi connectivity index (χ4v) is 4.50. The van der Waals surface area contributed by atoms with Crippen molar-refractivity contribution in [2.75, 3.05) is 13.1 Å². The van der Waals surface area contributed by atoms with Gasteiger partial charge in [0.2, 0.25) is 10.0 Å². The van der Waals surface area contributed by atoms with E-state index in [-0.39, 0.29) is 17.9 Å². The minimum absolute atomic E-state index is 0.0126. The third-order valence-electron chi connectivity index (χ3n) is 4.13. The summed E-state index contributed by atoms with van der Waals surface area (Å²) in [6.07, 6.45) is -0.502. The van der Waals surface area contributed by atoms with Crippen molar-refractivity contribution in [2.45, 2.75) is 43.7 Å². The van der Waals surface area contributed by atoms with Gasteiger partial charge in [-0.1, -0.05) is 11.6 Å². The minimum atomic E-state index is -3.92. The zero-order chi connectivity index (χ0) is 20.9. The maximum absolute atomic E-state index is 12.8. The number of nitrogens with one attached hydrogen (secondary N) is 2. The number of nitrogens with zero attached hydrogens (tertiary/aromatic N) is 1. The Bertz CT molecular complexity index is 843. The Morgan fingerprint density at radius 1 is 1.29 bits per heavy atom. The van der Waals surface area contributed by atoms with Gasteiger partial charge in [0.05, 0.1) is 4.90 Å². The molecule has 2 atom stereocenters. The fourth-order valence-electron chi connectivity index (χ4n) is 2.73. The van der Waals surface area contributed by atoms with Crippen molar-refractivity contribution in [3.8, 4) is 0 Å². The van der Waals surface area contributed by atoms with Crippen molar-refractivity contribution in [1.29, 1.82) is 0 Å².